The number of nitrogens with one attached hydrogen (secondary N) is 1. The van der Waals surface area contributed by atoms with Gasteiger partial charge in [0.1, 0.15) is 0 Å². The molecule has 114 valence electrons. The molecular weight excluding hydrogens is 284 g/mol. The molecule has 3 nitrogen and oxygen atoms in total. The second-order valence-corrected chi connectivity index (χ2v) is 6.37. The summed E-state index contributed by atoms with van der Waals surface area (Å²) in [5, 5.41) is 3.86. The van der Waals surface area contributed by atoms with Crippen molar-refractivity contribution in [2.75, 3.05) is 13.1 Å². The molecule has 0 saturated carbocycles. The molecule has 1 saturated heterocycles. The molecule has 2 rings (SSSR count). The van der Waals surface area contributed by atoms with Gasteiger partial charge >= 0.3 is 0 Å². The number of allylic oxidation sites excluding steroid dienone is 1. The van der Waals surface area contributed by atoms with Gasteiger partial charge in [-0.2, -0.15) is 0 Å². The molecule has 1 heterocycles. The lowest BCUT2D eigenvalue weighted by Crippen LogP contribution is -2.47. The van der Waals surface area contributed by atoms with Crippen molar-refractivity contribution in [1.82, 2.24) is 10.2 Å². The molecule has 0 spiro atoms. The highest BCUT2D eigenvalue weighted by atomic mass is 35.5. The zero-order chi connectivity index (χ0) is 15.2. The average molecular weight is 307 g/mol. The summed E-state index contributed by atoms with van der Waals surface area (Å²) < 4.78 is 0. The Balaban J connectivity index is 1.87. The van der Waals surface area contributed by atoms with Crippen LogP contribution in [0.3, 0.4) is 0 Å². The maximum atomic E-state index is 11.8. The fourth-order valence-electron chi connectivity index (χ4n) is 2.67. The first-order valence-electron chi connectivity index (χ1n) is 7.45. The number of nitrogens with zero attached hydrogens (tertiary/aromatic N) is 1. The Bertz CT molecular complexity index is 506. The van der Waals surface area contributed by atoms with Crippen LogP contribution in [0.4, 0.5) is 0 Å². The number of hydrogen-bond acceptors (Lipinski definition) is 2. The van der Waals surface area contributed by atoms with Crippen molar-refractivity contribution < 1.29 is 4.79 Å². The van der Waals surface area contributed by atoms with Crippen LogP contribution in [0, 0.1) is 0 Å². The molecule has 0 radical (unpaired) electrons. The van der Waals surface area contributed by atoms with E-state index in [1.54, 1.807) is 6.08 Å². The van der Waals surface area contributed by atoms with E-state index in [2.05, 4.69) is 22.3 Å². The maximum absolute atomic E-state index is 11.8. The highest BCUT2D eigenvalue weighted by molar-refractivity contribution is 6.30. The first kappa shape index (κ1) is 16.1. The Morgan fingerprint density at radius 3 is 2.76 bits per heavy atom. The first-order chi connectivity index (χ1) is 10.0. The van der Waals surface area contributed by atoms with E-state index in [0.29, 0.717) is 0 Å². The third kappa shape index (κ3) is 5.52. The molecule has 1 fully saturated rings. The van der Waals surface area contributed by atoms with Gasteiger partial charge in [-0.15, -0.1) is 0 Å². The van der Waals surface area contributed by atoms with Gasteiger partial charge in [0.15, 0.2) is 0 Å². The molecule has 1 atom stereocenters. The molecule has 4 heteroatoms. The Morgan fingerprint density at radius 2 is 2.10 bits per heavy atom. The Morgan fingerprint density at radius 1 is 1.38 bits per heavy atom. The van der Waals surface area contributed by atoms with Crippen LogP contribution in [0.1, 0.15) is 32.3 Å². The summed E-state index contributed by atoms with van der Waals surface area (Å²) in [6.07, 6.45) is 3.84. The van der Waals surface area contributed by atoms with Gasteiger partial charge < -0.3 is 5.32 Å². The lowest BCUT2D eigenvalue weighted by atomic mass is 10.0. The van der Waals surface area contributed by atoms with E-state index < -0.39 is 0 Å². The predicted octanol–water partition coefficient (Wildman–Crippen LogP) is 3.39. The van der Waals surface area contributed by atoms with Crippen LogP contribution in [0.5, 0.6) is 0 Å². The van der Waals surface area contributed by atoms with Crippen molar-refractivity contribution in [2.24, 2.45) is 0 Å². The van der Waals surface area contributed by atoms with Crippen LogP contribution in [0.25, 0.3) is 0 Å². The molecule has 1 aliphatic heterocycles. The third-order valence-corrected chi connectivity index (χ3v) is 3.84. The number of carbonyl (C=O) groups excluding carboxylic acids is 1. The standard InChI is InChI=1S/C17H23ClN2O/c1-13(2)10-17(21)19-16-4-3-9-20(12-16)11-14-5-7-15(18)8-6-14/h5-8,10,16H,3-4,9,11-12H2,1-2H3,(H,19,21). The summed E-state index contributed by atoms with van der Waals surface area (Å²) in [4.78, 5) is 14.2. The van der Waals surface area contributed by atoms with E-state index in [1.807, 2.05) is 26.0 Å². The fraction of sp³-hybridized carbons (Fsp3) is 0.471. The number of halogens is 1. The van der Waals surface area contributed by atoms with Gasteiger partial charge in [0.25, 0.3) is 0 Å². The van der Waals surface area contributed by atoms with Crippen LogP contribution in [-0.4, -0.2) is 29.9 Å². The monoisotopic (exact) mass is 306 g/mol. The number of piperidine rings is 1. The predicted molar refractivity (Wildman–Crippen MR) is 87.3 cm³/mol. The molecule has 21 heavy (non-hydrogen) atoms. The Labute approximate surface area is 132 Å². The maximum Gasteiger partial charge on any atom is 0.244 e. The van der Waals surface area contributed by atoms with Gasteiger partial charge in [-0.3, -0.25) is 9.69 Å². The molecule has 0 aromatic heterocycles. The van der Waals surface area contributed by atoms with Crippen molar-refractivity contribution in [3.8, 4) is 0 Å². The topological polar surface area (TPSA) is 32.3 Å². The Kier molecular flexibility index (Phi) is 5.83. The van der Waals surface area contributed by atoms with Crippen molar-refractivity contribution in [1.29, 1.82) is 0 Å². The third-order valence-electron chi connectivity index (χ3n) is 3.59. The lowest BCUT2D eigenvalue weighted by molar-refractivity contribution is -0.117. The molecule has 1 aromatic rings. The minimum absolute atomic E-state index is 0.0216. The largest absolute Gasteiger partial charge is 0.349 e. The minimum atomic E-state index is 0.0216. The number of rotatable bonds is 4. The average Bonchev–Trinajstić information content (AvgIpc) is 2.41. The van der Waals surface area contributed by atoms with Crippen LogP contribution < -0.4 is 5.32 Å². The summed E-state index contributed by atoms with van der Waals surface area (Å²) in [6.45, 7) is 6.77. The zero-order valence-electron chi connectivity index (χ0n) is 12.7. The van der Waals surface area contributed by atoms with Gasteiger partial charge in [-0.25, -0.2) is 0 Å². The van der Waals surface area contributed by atoms with E-state index in [9.17, 15) is 4.79 Å². The molecule has 0 aliphatic carbocycles. The number of benzene rings is 1. The van der Waals surface area contributed by atoms with Crippen molar-refractivity contribution in [2.45, 2.75) is 39.3 Å². The van der Waals surface area contributed by atoms with Crippen molar-refractivity contribution in [3.05, 3.63) is 46.5 Å². The summed E-state index contributed by atoms with van der Waals surface area (Å²) in [5.74, 6) is 0.0216. The van der Waals surface area contributed by atoms with Crippen LogP contribution >= 0.6 is 11.6 Å². The van der Waals surface area contributed by atoms with E-state index >= 15 is 0 Å². The first-order valence-corrected chi connectivity index (χ1v) is 7.83. The molecular formula is C17H23ClN2O. The van der Waals surface area contributed by atoms with Gasteiger partial charge in [-0.05, 0) is 50.9 Å². The number of likely N-dealkylation sites (tertiary alicyclic amines) is 1. The zero-order valence-corrected chi connectivity index (χ0v) is 13.5. The number of carbonyl (C=O) groups is 1. The van der Waals surface area contributed by atoms with Crippen molar-refractivity contribution >= 4 is 17.5 Å². The summed E-state index contributed by atoms with van der Waals surface area (Å²) >= 11 is 5.91. The molecule has 1 unspecified atom stereocenters. The number of amides is 1. The van der Waals surface area contributed by atoms with Crippen LogP contribution in [0.15, 0.2) is 35.9 Å². The molecule has 1 N–H and O–H groups in total. The van der Waals surface area contributed by atoms with Gasteiger partial charge in [0, 0.05) is 30.2 Å². The van der Waals surface area contributed by atoms with Gasteiger partial charge in [0.05, 0.1) is 0 Å². The highest BCUT2D eigenvalue weighted by Gasteiger charge is 2.20. The Hall–Kier alpha value is -1.32. The van der Waals surface area contributed by atoms with E-state index in [0.717, 1.165) is 43.1 Å². The fourth-order valence-corrected chi connectivity index (χ4v) is 2.80. The van der Waals surface area contributed by atoms with Crippen molar-refractivity contribution in [3.63, 3.8) is 0 Å². The summed E-state index contributed by atoms with van der Waals surface area (Å²) in [6, 6.07) is 8.22. The molecule has 0 bridgehead atoms. The van der Waals surface area contributed by atoms with Gasteiger partial charge in [-0.1, -0.05) is 29.3 Å². The highest BCUT2D eigenvalue weighted by Crippen LogP contribution is 2.16. The van der Waals surface area contributed by atoms with Crippen LogP contribution in [-0.2, 0) is 11.3 Å². The van der Waals surface area contributed by atoms with E-state index in [1.165, 1.54) is 5.56 Å². The summed E-state index contributed by atoms with van der Waals surface area (Å²) in [7, 11) is 0. The van der Waals surface area contributed by atoms with Crippen LogP contribution in [0.2, 0.25) is 5.02 Å². The smallest absolute Gasteiger partial charge is 0.244 e. The SMILES string of the molecule is CC(C)=CC(=O)NC1CCCN(Cc2ccc(Cl)cc2)C1. The normalized spacial score (nSPS) is 19.1. The van der Waals surface area contributed by atoms with Gasteiger partial charge in [0.2, 0.25) is 5.91 Å². The minimum Gasteiger partial charge on any atom is -0.349 e. The second-order valence-electron chi connectivity index (χ2n) is 5.93. The molecule has 1 amide bonds. The quantitative estimate of drug-likeness (QED) is 0.865. The number of hydrogen-bond donors (Lipinski definition) is 1. The lowest BCUT2D eigenvalue weighted by Gasteiger charge is -2.33. The van der Waals surface area contributed by atoms with E-state index in [4.69, 9.17) is 11.6 Å². The molecule has 1 aromatic carbocycles. The molecule has 1 aliphatic rings. The van der Waals surface area contributed by atoms with E-state index in [-0.39, 0.29) is 11.9 Å². The second kappa shape index (κ2) is 7.62. The summed E-state index contributed by atoms with van der Waals surface area (Å²) in [5.41, 5.74) is 2.29.